The fraction of sp³-hybridized carbons (Fsp3) is 0.444. The van der Waals surface area contributed by atoms with Crippen LogP contribution in [0.5, 0.6) is 0 Å². The number of rotatable bonds is 4. The molecule has 0 bridgehead atoms. The lowest BCUT2D eigenvalue weighted by Crippen LogP contribution is -2.36. The van der Waals surface area contributed by atoms with Crippen LogP contribution in [0.1, 0.15) is 35.0 Å². The molecule has 0 spiro atoms. The van der Waals surface area contributed by atoms with Gasteiger partial charge in [0.05, 0.1) is 5.56 Å². The Morgan fingerprint density at radius 2 is 2.12 bits per heavy atom. The van der Waals surface area contributed by atoms with Gasteiger partial charge in [-0.05, 0) is 48.9 Å². The molecule has 0 radical (unpaired) electrons. The van der Waals surface area contributed by atoms with Crippen LogP contribution in [0.3, 0.4) is 0 Å². The SMILES string of the molecule is CC1CCc2[nH]c3ccc(C(=O)OCC(=O)NCC(F)(F)F)cc3c2C1. The summed E-state index contributed by atoms with van der Waals surface area (Å²) in [6, 6.07) is 5.06. The van der Waals surface area contributed by atoms with Gasteiger partial charge in [-0.2, -0.15) is 13.2 Å². The van der Waals surface area contributed by atoms with Crippen LogP contribution >= 0.6 is 0 Å². The van der Waals surface area contributed by atoms with E-state index in [1.165, 1.54) is 11.3 Å². The average Bonchev–Trinajstić information content (AvgIpc) is 2.94. The molecule has 0 fully saturated rings. The summed E-state index contributed by atoms with van der Waals surface area (Å²) in [5, 5.41) is 2.60. The first-order valence-electron chi connectivity index (χ1n) is 8.37. The van der Waals surface area contributed by atoms with Crippen molar-refractivity contribution < 1.29 is 27.5 Å². The highest BCUT2D eigenvalue weighted by Gasteiger charge is 2.28. The van der Waals surface area contributed by atoms with Gasteiger partial charge in [0.15, 0.2) is 6.61 Å². The summed E-state index contributed by atoms with van der Waals surface area (Å²) in [5.41, 5.74) is 3.57. The first kappa shape index (κ1) is 18.3. The lowest BCUT2D eigenvalue weighted by Gasteiger charge is -2.18. The van der Waals surface area contributed by atoms with Crippen molar-refractivity contribution in [2.45, 2.75) is 32.4 Å². The third-order valence-electron chi connectivity index (χ3n) is 4.49. The first-order chi connectivity index (χ1) is 12.2. The van der Waals surface area contributed by atoms with Crippen LogP contribution in [0.15, 0.2) is 18.2 Å². The largest absolute Gasteiger partial charge is 0.452 e. The monoisotopic (exact) mass is 368 g/mol. The molecule has 1 aliphatic rings. The number of benzene rings is 1. The van der Waals surface area contributed by atoms with E-state index in [4.69, 9.17) is 4.74 Å². The number of alkyl halides is 3. The van der Waals surface area contributed by atoms with Gasteiger partial charge >= 0.3 is 12.1 Å². The van der Waals surface area contributed by atoms with Crippen molar-refractivity contribution in [3.8, 4) is 0 Å². The van der Waals surface area contributed by atoms with Gasteiger partial charge < -0.3 is 15.0 Å². The van der Waals surface area contributed by atoms with E-state index in [1.54, 1.807) is 23.5 Å². The maximum absolute atomic E-state index is 12.1. The Labute approximate surface area is 147 Å². The van der Waals surface area contributed by atoms with E-state index in [2.05, 4.69) is 11.9 Å². The Balaban J connectivity index is 1.67. The summed E-state index contributed by atoms with van der Waals surface area (Å²) in [6.45, 7) is -0.0301. The number of fused-ring (bicyclic) bond motifs is 3. The minimum absolute atomic E-state index is 0.265. The number of ether oxygens (including phenoxy) is 1. The number of H-pyrrole nitrogens is 1. The predicted octanol–water partition coefficient (Wildman–Crippen LogP) is 3.13. The number of esters is 1. The van der Waals surface area contributed by atoms with Crippen molar-refractivity contribution in [3.05, 3.63) is 35.0 Å². The Kier molecular flexibility index (Phi) is 4.93. The molecule has 1 aromatic carbocycles. The molecule has 1 amide bonds. The highest BCUT2D eigenvalue weighted by Crippen LogP contribution is 2.32. The van der Waals surface area contributed by atoms with Gasteiger partial charge in [0.1, 0.15) is 6.54 Å². The molecule has 140 valence electrons. The normalized spacial score (nSPS) is 17.0. The average molecular weight is 368 g/mol. The van der Waals surface area contributed by atoms with Gasteiger partial charge in [-0.3, -0.25) is 4.79 Å². The Morgan fingerprint density at radius 3 is 2.85 bits per heavy atom. The van der Waals surface area contributed by atoms with Crippen LogP contribution in [0.2, 0.25) is 0 Å². The molecule has 0 saturated heterocycles. The zero-order valence-electron chi connectivity index (χ0n) is 14.2. The smallest absolute Gasteiger partial charge is 0.405 e. The number of amides is 1. The molecular weight excluding hydrogens is 349 g/mol. The van der Waals surface area contributed by atoms with E-state index in [0.717, 1.165) is 30.2 Å². The number of nitrogens with one attached hydrogen (secondary N) is 2. The fourth-order valence-electron chi connectivity index (χ4n) is 3.18. The van der Waals surface area contributed by atoms with E-state index < -0.39 is 31.2 Å². The second kappa shape index (κ2) is 7.01. The molecule has 2 N–H and O–H groups in total. The number of halogens is 3. The number of aryl methyl sites for hydroxylation is 1. The van der Waals surface area contributed by atoms with Crippen molar-refractivity contribution in [1.82, 2.24) is 10.3 Å². The van der Waals surface area contributed by atoms with Crippen LogP contribution in [0.25, 0.3) is 10.9 Å². The lowest BCUT2D eigenvalue weighted by molar-refractivity contribution is -0.140. The molecule has 1 unspecified atom stereocenters. The van der Waals surface area contributed by atoms with Gasteiger partial charge in [-0.25, -0.2) is 4.79 Å². The summed E-state index contributed by atoms with van der Waals surface area (Å²) in [4.78, 5) is 26.8. The standard InChI is InChI=1S/C18H19F3N2O3/c1-10-2-4-14-12(6-10)13-7-11(3-5-15(13)23-14)17(25)26-8-16(24)22-9-18(19,20)21/h3,5,7,10,23H,2,4,6,8-9H2,1H3,(H,22,24). The highest BCUT2D eigenvalue weighted by molar-refractivity contribution is 5.97. The van der Waals surface area contributed by atoms with Crippen LogP contribution < -0.4 is 5.32 Å². The molecule has 5 nitrogen and oxygen atoms in total. The summed E-state index contributed by atoms with van der Waals surface area (Å²) >= 11 is 0. The number of aromatic nitrogens is 1. The molecule has 26 heavy (non-hydrogen) atoms. The molecule has 0 aliphatic heterocycles. The summed E-state index contributed by atoms with van der Waals surface area (Å²) in [6.07, 6.45) is -1.50. The third kappa shape index (κ3) is 4.17. The van der Waals surface area contributed by atoms with Crippen molar-refractivity contribution in [3.63, 3.8) is 0 Å². The van der Waals surface area contributed by atoms with Crippen LogP contribution in [-0.4, -0.2) is 36.2 Å². The van der Waals surface area contributed by atoms with E-state index >= 15 is 0 Å². The Bertz CT molecular complexity index is 842. The van der Waals surface area contributed by atoms with Crippen LogP contribution in [0, 0.1) is 5.92 Å². The quantitative estimate of drug-likeness (QED) is 0.815. The molecule has 8 heteroatoms. The lowest BCUT2D eigenvalue weighted by atomic mass is 9.87. The number of carbonyl (C=O) groups is 2. The second-order valence-corrected chi connectivity index (χ2v) is 6.66. The van der Waals surface area contributed by atoms with Gasteiger partial charge in [0.2, 0.25) is 0 Å². The number of carbonyl (C=O) groups excluding carboxylic acids is 2. The molecule has 3 rings (SSSR count). The van der Waals surface area contributed by atoms with Crippen molar-refractivity contribution in [2.75, 3.05) is 13.2 Å². The Hall–Kier alpha value is -2.51. The van der Waals surface area contributed by atoms with Crippen molar-refractivity contribution >= 4 is 22.8 Å². The predicted molar refractivity (Wildman–Crippen MR) is 88.8 cm³/mol. The maximum Gasteiger partial charge on any atom is 0.405 e. The highest BCUT2D eigenvalue weighted by atomic mass is 19.4. The molecule has 0 saturated carbocycles. The van der Waals surface area contributed by atoms with Crippen molar-refractivity contribution in [2.24, 2.45) is 5.92 Å². The van der Waals surface area contributed by atoms with Gasteiger partial charge in [-0.1, -0.05) is 6.92 Å². The van der Waals surface area contributed by atoms with E-state index in [-0.39, 0.29) is 5.56 Å². The minimum Gasteiger partial charge on any atom is -0.452 e. The number of hydrogen-bond donors (Lipinski definition) is 2. The summed E-state index contributed by atoms with van der Waals surface area (Å²) in [7, 11) is 0. The van der Waals surface area contributed by atoms with Crippen LogP contribution in [-0.2, 0) is 22.4 Å². The third-order valence-corrected chi connectivity index (χ3v) is 4.49. The summed E-state index contributed by atoms with van der Waals surface area (Å²) in [5.74, 6) is -1.17. The molecular formula is C18H19F3N2O3. The van der Waals surface area contributed by atoms with Gasteiger partial charge in [-0.15, -0.1) is 0 Å². The van der Waals surface area contributed by atoms with Crippen molar-refractivity contribution in [1.29, 1.82) is 0 Å². The minimum atomic E-state index is -4.50. The fourth-order valence-corrected chi connectivity index (χ4v) is 3.18. The molecule has 1 aromatic heterocycles. The summed E-state index contributed by atoms with van der Waals surface area (Å²) < 4.78 is 40.9. The Morgan fingerprint density at radius 1 is 1.35 bits per heavy atom. The van der Waals surface area contributed by atoms with E-state index in [1.807, 2.05) is 0 Å². The number of aromatic amines is 1. The molecule has 1 aliphatic carbocycles. The van der Waals surface area contributed by atoms with Gasteiger partial charge in [0, 0.05) is 16.6 Å². The first-order valence-corrected chi connectivity index (χ1v) is 8.37. The van der Waals surface area contributed by atoms with Crippen LogP contribution in [0.4, 0.5) is 13.2 Å². The van der Waals surface area contributed by atoms with E-state index in [9.17, 15) is 22.8 Å². The molecule has 1 atom stereocenters. The van der Waals surface area contributed by atoms with Gasteiger partial charge in [0.25, 0.3) is 5.91 Å². The topological polar surface area (TPSA) is 71.2 Å². The zero-order valence-corrected chi connectivity index (χ0v) is 14.2. The van der Waals surface area contributed by atoms with E-state index in [0.29, 0.717) is 5.92 Å². The molecule has 1 heterocycles. The molecule has 2 aromatic rings. The second-order valence-electron chi connectivity index (χ2n) is 6.66. The zero-order chi connectivity index (χ0) is 18.9. The number of hydrogen-bond acceptors (Lipinski definition) is 3. The maximum atomic E-state index is 12.1.